The minimum absolute atomic E-state index is 0.0593. The number of nitrogens with zero attached hydrogens (tertiary/aromatic N) is 1. The van der Waals surface area contributed by atoms with Crippen molar-refractivity contribution < 1.29 is 9.59 Å². The van der Waals surface area contributed by atoms with E-state index in [4.69, 9.17) is 11.6 Å². The summed E-state index contributed by atoms with van der Waals surface area (Å²) in [5.41, 5.74) is 1.93. The van der Waals surface area contributed by atoms with E-state index in [0.29, 0.717) is 22.0 Å². The number of rotatable bonds is 3. The summed E-state index contributed by atoms with van der Waals surface area (Å²) >= 11 is 5.82. The largest absolute Gasteiger partial charge is 0.339 e. The van der Waals surface area contributed by atoms with Crippen LogP contribution < -0.4 is 10.6 Å². The molecule has 0 aromatic heterocycles. The average Bonchev–Trinajstić information content (AvgIpc) is 2.93. The number of urea groups is 1. The Kier molecular flexibility index (Phi) is 6.12. The van der Waals surface area contributed by atoms with Gasteiger partial charge in [0.2, 0.25) is 0 Å². The van der Waals surface area contributed by atoms with Gasteiger partial charge in [-0.1, -0.05) is 24.4 Å². The fourth-order valence-electron chi connectivity index (χ4n) is 2.98. The zero-order valence-electron chi connectivity index (χ0n) is 14.5. The number of anilines is 2. The highest BCUT2D eigenvalue weighted by atomic mass is 35.5. The third-order valence-corrected chi connectivity index (χ3v) is 4.64. The Morgan fingerprint density at radius 2 is 1.27 bits per heavy atom. The molecule has 26 heavy (non-hydrogen) atoms. The molecule has 0 spiro atoms. The molecule has 0 saturated carbocycles. The minimum Gasteiger partial charge on any atom is -0.339 e. The summed E-state index contributed by atoms with van der Waals surface area (Å²) in [5.74, 6) is 0.0593. The van der Waals surface area contributed by atoms with Crippen LogP contribution in [0.1, 0.15) is 36.0 Å². The summed E-state index contributed by atoms with van der Waals surface area (Å²) in [6, 6.07) is 13.5. The highest BCUT2D eigenvalue weighted by Gasteiger charge is 2.17. The van der Waals surface area contributed by atoms with Gasteiger partial charge in [-0.3, -0.25) is 4.79 Å². The lowest BCUT2D eigenvalue weighted by Crippen LogP contribution is -2.31. The molecule has 2 aromatic carbocycles. The number of nitrogens with one attached hydrogen (secondary N) is 2. The number of amides is 3. The number of halogens is 1. The van der Waals surface area contributed by atoms with Crippen molar-refractivity contribution in [2.45, 2.75) is 25.7 Å². The van der Waals surface area contributed by atoms with Crippen molar-refractivity contribution in [3.05, 3.63) is 59.1 Å². The molecule has 0 aliphatic carbocycles. The first-order chi connectivity index (χ1) is 12.6. The van der Waals surface area contributed by atoms with Crippen LogP contribution in [0.5, 0.6) is 0 Å². The van der Waals surface area contributed by atoms with E-state index in [1.807, 2.05) is 4.90 Å². The summed E-state index contributed by atoms with van der Waals surface area (Å²) in [4.78, 5) is 26.5. The van der Waals surface area contributed by atoms with Crippen LogP contribution in [0.3, 0.4) is 0 Å². The second kappa shape index (κ2) is 8.72. The van der Waals surface area contributed by atoms with Crippen molar-refractivity contribution in [1.29, 1.82) is 0 Å². The lowest BCUT2D eigenvalue weighted by atomic mass is 10.1. The van der Waals surface area contributed by atoms with E-state index in [9.17, 15) is 9.59 Å². The van der Waals surface area contributed by atoms with Gasteiger partial charge < -0.3 is 15.5 Å². The molecule has 1 heterocycles. The number of hydrogen-bond acceptors (Lipinski definition) is 2. The van der Waals surface area contributed by atoms with Crippen LogP contribution in [0, 0.1) is 0 Å². The van der Waals surface area contributed by atoms with Crippen LogP contribution in [0.2, 0.25) is 5.02 Å². The van der Waals surface area contributed by atoms with Crippen LogP contribution >= 0.6 is 11.6 Å². The lowest BCUT2D eigenvalue weighted by molar-refractivity contribution is 0.0761. The van der Waals surface area contributed by atoms with E-state index in [2.05, 4.69) is 10.6 Å². The molecular formula is C20H22ClN3O2. The first-order valence-corrected chi connectivity index (χ1v) is 9.22. The second-order valence-corrected chi connectivity index (χ2v) is 6.81. The average molecular weight is 372 g/mol. The summed E-state index contributed by atoms with van der Waals surface area (Å²) in [6.07, 6.45) is 4.51. The Morgan fingerprint density at radius 3 is 1.81 bits per heavy atom. The third kappa shape index (κ3) is 4.99. The van der Waals surface area contributed by atoms with E-state index in [-0.39, 0.29) is 11.9 Å². The van der Waals surface area contributed by atoms with Crippen molar-refractivity contribution in [1.82, 2.24) is 4.90 Å². The molecule has 0 atom stereocenters. The smallest absolute Gasteiger partial charge is 0.323 e. The molecule has 3 rings (SSSR count). The molecule has 2 aromatic rings. The van der Waals surface area contributed by atoms with Crippen LogP contribution in [0.4, 0.5) is 16.2 Å². The Bertz CT molecular complexity index is 752. The standard InChI is InChI=1S/C20H22ClN3O2/c21-16-7-11-18(12-8-16)23-20(26)22-17-9-5-15(6-10-17)19(25)24-13-3-1-2-4-14-24/h5-12H,1-4,13-14H2,(H2,22,23,26). The topological polar surface area (TPSA) is 61.4 Å². The zero-order valence-corrected chi connectivity index (χ0v) is 15.3. The molecule has 3 amide bonds. The highest BCUT2D eigenvalue weighted by Crippen LogP contribution is 2.17. The highest BCUT2D eigenvalue weighted by molar-refractivity contribution is 6.30. The molecule has 1 aliphatic rings. The van der Waals surface area contributed by atoms with Gasteiger partial charge in [-0.15, -0.1) is 0 Å². The molecule has 0 unspecified atom stereocenters. The maximum Gasteiger partial charge on any atom is 0.323 e. The van der Waals surface area contributed by atoms with E-state index >= 15 is 0 Å². The summed E-state index contributed by atoms with van der Waals surface area (Å²) in [6.45, 7) is 1.64. The monoisotopic (exact) mass is 371 g/mol. The molecule has 0 radical (unpaired) electrons. The van der Waals surface area contributed by atoms with E-state index in [0.717, 1.165) is 25.9 Å². The molecule has 6 heteroatoms. The number of likely N-dealkylation sites (tertiary alicyclic amines) is 1. The predicted octanol–water partition coefficient (Wildman–Crippen LogP) is 5.00. The zero-order chi connectivity index (χ0) is 18.4. The maximum absolute atomic E-state index is 12.6. The number of hydrogen-bond donors (Lipinski definition) is 2. The van der Waals surface area contributed by atoms with Crippen molar-refractivity contribution >= 4 is 34.9 Å². The van der Waals surface area contributed by atoms with Gasteiger partial charge in [-0.25, -0.2) is 4.79 Å². The van der Waals surface area contributed by atoms with Crippen LogP contribution in [-0.4, -0.2) is 29.9 Å². The molecule has 1 fully saturated rings. The van der Waals surface area contributed by atoms with E-state index in [1.165, 1.54) is 12.8 Å². The van der Waals surface area contributed by atoms with Gasteiger partial charge in [0.15, 0.2) is 0 Å². The van der Waals surface area contributed by atoms with Gasteiger partial charge >= 0.3 is 6.03 Å². The SMILES string of the molecule is O=C(Nc1ccc(Cl)cc1)Nc1ccc(C(=O)N2CCCCCC2)cc1. The van der Waals surface area contributed by atoms with Gasteiger partial charge in [-0.2, -0.15) is 0 Å². The fraction of sp³-hybridized carbons (Fsp3) is 0.300. The van der Waals surface area contributed by atoms with Gasteiger partial charge in [0, 0.05) is 35.1 Å². The lowest BCUT2D eigenvalue weighted by Gasteiger charge is -2.20. The predicted molar refractivity (Wildman–Crippen MR) is 105 cm³/mol. The Balaban J connectivity index is 1.57. The maximum atomic E-state index is 12.6. The van der Waals surface area contributed by atoms with Gasteiger partial charge in [0.05, 0.1) is 0 Å². The van der Waals surface area contributed by atoms with Crippen molar-refractivity contribution in [2.75, 3.05) is 23.7 Å². The Labute approximate surface area is 158 Å². The quantitative estimate of drug-likeness (QED) is 0.797. The Hall–Kier alpha value is -2.53. The third-order valence-electron chi connectivity index (χ3n) is 4.39. The second-order valence-electron chi connectivity index (χ2n) is 6.37. The molecule has 1 aliphatic heterocycles. The minimum atomic E-state index is -0.348. The normalized spacial score (nSPS) is 14.4. The summed E-state index contributed by atoms with van der Waals surface area (Å²) in [5, 5.41) is 6.09. The molecule has 136 valence electrons. The van der Waals surface area contributed by atoms with Crippen molar-refractivity contribution in [3.8, 4) is 0 Å². The summed E-state index contributed by atoms with van der Waals surface area (Å²) in [7, 11) is 0. The Morgan fingerprint density at radius 1 is 0.769 bits per heavy atom. The van der Waals surface area contributed by atoms with E-state index in [1.54, 1.807) is 48.5 Å². The van der Waals surface area contributed by atoms with Crippen LogP contribution in [0.25, 0.3) is 0 Å². The van der Waals surface area contributed by atoms with Crippen molar-refractivity contribution in [2.24, 2.45) is 0 Å². The number of benzene rings is 2. The molecule has 0 bridgehead atoms. The number of carbonyl (C=O) groups excluding carboxylic acids is 2. The van der Waals surface area contributed by atoms with E-state index < -0.39 is 0 Å². The van der Waals surface area contributed by atoms with Crippen LogP contribution in [0.15, 0.2) is 48.5 Å². The first kappa shape index (κ1) is 18.3. The molecule has 1 saturated heterocycles. The fourth-order valence-corrected chi connectivity index (χ4v) is 3.11. The van der Waals surface area contributed by atoms with Gasteiger partial charge in [0.25, 0.3) is 5.91 Å². The molecule has 2 N–H and O–H groups in total. The first-order valence-electron chi connectivity index (χ1n) is 8.85. The van der Waals surface area contributed by atoms with Gasteiger partial charge in [-0.05, 0) is 61.4 Å². The number of carbonyl (C=O) groups is 2. The van der Waals surface area contributed by atoms with Crippen molar-refractivity contribution in [3.63, 3.8) is 0 Å². The molecule has 5 nitrogen and oxygen atoms in total. The van der Waals surface area contributed by atoms with Crippen LogP contribution in [-0.2, 0) is 0 Å². The molecular weight excluding hydrogens is 350 g/mol. The van der Waals surface area contributed by atoms with Gasteiger partial charge in [0.1, 0.15) is 0 Å². The summed E-state index contributed by atoms with van der Waals surface area (Å²) < 4.78 is 0.